The third-order valence-corrected chi connectivity index (χ3v) is 4.30. The molecule has 2 aromatic carbocycles. The highest BCUT2D eigenvalue weighted by Gasteiger charge is 2.12. The first kappa shape index (κ1) is 18.5. The molecule has 140 valence electrons. The van der Waals surface area contributed by atoms with Crippen LogP contribution in [0.4, 0.5) is 5.69 Å². The van der Waals surface area contributed by atoms with Gasteiger partial charge in [0.15, 0.2) is 11.5 Å². The van der Waals surface area contributed by atoms with E-state index in [1.807, 2.05) is 44.2 Å². The Balaban J connectivity index is 1.68. The van der Waals surface area contributed by atoms with Crippen LogP contribution in [0, 0.1) is 13.8 Å². The Bertz CT molecular complexity index is 926. The van der Waals surface area contributed by atoms with Gasteiger partial charge in [-0.1, -0.05) is 23.4 Å². The number of ether oxygens (including phenoxy) is 2. The van der Waals surface area contributed by atoms with Gasteiger partial charge in [-0.2, -0.15) is 0 Å². The summed E-state index contributed by atoms with van der Waals surface area (Å²) in [6.07, 6.45) is 0.242. The maximum atomic E-state index is 12.3. The van der Waals surface area contributed by atoms with E-state index in [9.17, 15) is 4.79 Å². The quantitative estimate of drug-likeness (QED) is 0.709. The van der Waals surface area contributed by atoms with Gasteiger partial charge in [-0.25, -0.2) is 0 Å². The van der Waals surface area contributed by atoms with Gasteiger partial charge in [0.25, 0.3) is 0 Å². The summed E-state index contributed by atoms with van der Waals surface area (Å²) in [5.41, 5.74) is 4.41. The van der Waals surface area contributed by atoms with Crippen molar-refractivity contribution < 1.29 is 18.8 Å². The zero-order chi connectivity index (χ0) is 19.4. The minimum atomic E-state index is -0.104. The second-order valence-electron chi connectivity index (χ2n) is 6.19. The predicted molar refractivity (Wildman–Crippen MR) is 103 cm³/mol. The van der Waals surface area contributed by atoms with Crippen molar-refractivity contribution in [1.29, 1.82) is 0 Å². The predicted octanol–water partition coefficient (Wildman–Crippen LogP) is 4.16. The largest absolute Gasteiger partial charge is 0.493 e. The van der Waals surface area contributed by atoms with Crippen molar-refractivity contribution in [3.05, 3.63) is 59.5 Å². The summed E-state index contributed by atoms with van der Waals surface area (Å²) < 4.78 is 15.7. The van der Waals surface area contributed by atoms with Crippen LogP contribution in [-0.4, -0.2) is 25.3 Å². The number of carbonyl (C=O) groups is 1. The van der Waals surface area contributed by atoms with Crippen LogP contribution in [0.3, 0.4) is 0 Å². The maximum Gasteiger partial charge on any atom is 0.228 e. The van der Waals surface area contributed by atoms with Gasteiger partial charge in [0.2, 0.25) is 5.91 Å². The molecule has 0 bridgehead atoms. The summed E-state index contributed by atoms with van der Waals surface area (Å²) in [7, 11) is 3.15. The van der Waals surface area contributed by atoms with Gasteiger partial charge in [0, 0.05) is 11.3 Å². The summed E-state index contributed by atoms with van der Waals surface area (Å²) in [4.78, 5) is 12.3. The number of aryl methyl sites for hydroxylation is 2. The topological polar surface area (TPSA) is 73.6 Å². The Morgan fingerprint density at radius 1 is 1.04 bits per heavy atom. The number of nitrogens with zero attached hydrogens (tertiary/aromatic N) is 1. The Hall–Kier alpha value is -3.28. The summed E-state index contributed by atoms with van der Waals surface area (Å²) in [5.74, 6) is 1.91. The summed E-state index contributed by atoms with van der Waals surface area (Å²) in [6, 6.07) is 13.1. The fraction of sp³-hybridized carbons (Fsp3) is 0.238. The number of methoxy groups -OCH3 is 2. The summed E-state index contributed by atoms with van der Waals surface area (Å²) in [5, 5.41) is 6.88. The van der Waals surface area contributed by atoms with E-state index in [-0.39, 0.29) is 12.3 Å². The van der Waals surface area contributed by atoms with Gasteiger partial charge in [-0.05, 0) is 49.2 Å². The molecule has 3 rings (SSSR count). The van der Waals surface area contributed by atoms with Crippen molar-refractivity contribution in [2.45, 2.75) is 20.3 Å². The van der Waals surface area contributed by atoms with Crippen LogP contribution in [0.5, 0.6) is 11.5 Å². The Kier molecular flexibility index (Phi) is 5.45. The van der Waals surface area contributed by atoms with E-state index >= 15 is 0 Å². The molecule has 0 fully saturated rings. The molecule has 27 heavy (non-hydrogen) atoms. The maximum absolute atomic E-state index is 12.3. The number of rotatable bonds is 6. The lowest BCUT2D eigenvalue weighted by Gasteiger charge is -2.10. The molecule has 0 saturated heterocycles. The Morgan fingerprint density at radius 2 is 1.74 bits per heavy atom. The molecule has 0 aliphatic carbocycles. The molecule has 3 aromatic rings. The lowest BCUT2D eigenvalue weighted by atomic mass is 10.0. The molecule has 0 spiro atoms. The molecular weight excluding hydrogens is 344 g/mol. The summed E-state index contributed by atoms with van der Waals surface area (Å²) in [6.45, 7) is 3.79. The van der Waals surface area contributed by atoms with Gasteiger partial charge >= 0.3 is 0 Å². The van der Waals surface area contributed by atoms with Gasteiger partial charge in [-0.3, -0.25) is 4.79 Å². The van der Waals surface area contributed by atoms with E-state index in [0.29, 0.717) is 11.5 Å². The minimum Gasteiger partial charge on any atom is -0.493 e. The van der Waals surface area contributed by atoms with E-state index in [1.54, 1.807) is 26.4 Å². The second kappa shape index (κ2) is 7.95. The Morgan fingerprint density at radius 3 is 2.33 bits per heavy atom. The standard InChI is InChI=1S/C21H22N2O4/c1-13-21(14(2)27-23-13)16-6-8-17(9-7-16)22-20(24)12-15-5-10-18(25-3)19(11-15)26-4/h5-11H,12H2,1-4H3,(H,22,24). The fourth-order valence-electron chi connectivity index (χ4n) is 3.00. The van der Waals surface area contributed by atoms with E-state index in [2.05, 4.69) is 10.5 Å². The van der Waals surface area contributed by atoms with Crippen LogP contribution < -0.4 is 14.8 Å². The lowest BCUT2D eigenvalue weighted by molar-refractivity contribution is -0.115. The van der Waals surface area contributed by atoms with E-state index in [4.69, 9.17) is 14.0 Å². The van der Waals surface area contributed by atoms with Crippen molar-refractivity contribution in [1.82, 2.24) is 5.16 Å². The molecule has 0 unspecified atom stereocenters. The molecule has 0 aliphatic heterocycles. The van der Waals surface area contributed by atoms with Crippen molar-refractivity contribution in [3.8, 4) is 22.6 Å². The lowest BCUT2D eigenvalue weighted by Crippen LogP contribution is -2.14. The molecule has 0 radical (unpaired) electrons. The highest BCUT2D eigenvalue weighted by molar-refractivity contribution is 5.92. The fourth-order valence-corrected chi connectivity index (χ4v) is 3.00. The monoisotopic (exact) mass is 366 g/mol. The number of anilines is 1. The molecule has 6 heteroatoms. The number of hydrogen-bond donors (Lipinski definition) is 1. The summed E-state index contributed by atoms with van der Waals surface area (Å²) >= 11 is 0. The number of hydrogen-bond acceptors (Lipinski definition) is 5. The minimum absolute atomic E-state index is 0.104. The molecule has 0 aliphatic rings. The highest BCUT2D eigenvalue weighted by atomic mass is 16.5. The van der Waals surface area contributed by atoms with Crippen molar-refractivity contribution >= 4 is 11.6 Å². The zero-order valence-electron chi connectivity index (χ0n) is 15.8. The molecule has 1 amide bonds. The van der Waals surface area contributed by atoms with Crippen LogP contribution in [0.25, 0.3) is 11.1 Å². The van der Waals surface area contributed by atoms with Crippen LogP contribution in [0.15, 0.2) is 47.0 Å². The van der Waals surface area contributed by atoms with Gasteiger partial charge in [0.05, 0.1) is 26.3 Å². The van der Waals surface area contributed by atoms with Gasteiger partial charge in [-0.15, -0.1) is 0 Å². The first-order valence-electron chi connectivity index (χ1n) is 8.56. The molecular formula is C21H22N2O4. The third kappa shape index (κ3) is 4.11. The van der Waals surface area contributed by atoms with Crippen molar-refractivity contribution in [2.75, 3.05) is 19.5 Å². The van der Waals surface area contributed by atoms with Crippen molar-refractivity contribution in [2.24, 2.45) is 0 Å². The number of benzene rings is 2. The van der Waals surface area contributed by atoms with Gasteiger partial charge < -0.3 is 19.3 Å². The first-order valence-corrected chi connectivity index (χ1v) is 8.56. The van der Waals surface area contributed by atoms with Crippen LogP contribution >= 0.6 is 0 Å². The van der Waals surface area contributed by atoms with Gasteiger partial charge in [0.1, 0.15) is 5.76 Å². The SMILES string of the molecule is COc1ccc(CC(=O)Nc2ccc(-c3c(C)noc3C)cc2)cc1OC. The normalized spacial score (nSPS) is 10.5. The molecule has 0 atom stereocenters. The molecule has 1 aromatic heterocycles. The second-order valence-corrected chi connectivity index (χ2v) is 6.19. The average molecular weight is 366 g/mol. The molecule has 0 saturated carbocycles. The smallest absolute Gasteiger partial charge is 0.228 e. The Labute approximate surface area is 158 Å². The van der Waals surface area contributed by atoms with Crippen LogP contribution in [0.2, 0.25) is 0 Å². The van der Waals surface area contributed by atoms with Crippen LogP contribution in [0.1, 0.15) is 17.0 Å². The zero-order valence-corrected chi connectivity index (χ0v) is 15.8. The van der Waals surface area contributed by atoms with E-state index < -0.39 is 0 Å². The van der Waals surface area contributed by atoms with Crippen LogP contribution in [-0.2, 0) is 11.2 Å². The van der Waals surface area contributed by atoms with E-state index in [0.717, 1.165) is 33.8 Å². The van der Waals surface area contributed by atoms with E-state index in [1.165, 1.54) is 0 Å². The van der Waals surface area contributed by atoms with Crippen molar-refractivity contribution in [3.63, 3.8) is 0 Å². The highest BCUT2D eigenvalue weighted by Crippen LogP contribution is 2.29. The molecule has 1 heterocycles. The first-order chi connectivity index (χ1) is 13.0. The molecule has 6 nitrogen and oxygen atoms in total. The molecule has 1 N–H and O–H groups in total. The number of carbonyl (C=O) groups excluding carboxylic acids is 1. The average Bonchev–Trinajstić information content (AvgIpc) is 3.00. The number of aromatic nitrogens is 1. The number of nitrogens with one attached hydrogen (secondary N) is 1. The third-order valence-electron chi connectivity index (χ3n) is 4.30. The number of amides is 1.